The number of nitrogens with zero attached hydrogens (tertiary/aromatic N) is 1. The lowest BCUT2D eigenvalue weighted by Crippen LogP contribution is -2.28. The number of halogens is 1. The molecule has 1 unspecified atom stereocenters. The van der Waals surface area contributed by atoms with E-state index in [1.54, 1.807) is 0 Å². The van der Waals surface area contributed by atoms with E-state index in [-0.39, 0.29) is 17.0 Å². The summed E-state index contributed by atoms with van der Waals surface area (Å²) in [5.41, 5.74) is 0. The summed E-state index contributed by atoms with van der Waals surface area (Å²) in [6.07, 6.45) is 11.9. The molecule has 1 fully saturated rings. The summed E-state index contributed by atoms with van der Waals surface area (Å²) in [4.78, 5) is 2.54. The molecule has 0 aromatic heterocycles. The molecule has 0 amide bonds. The van der Waals surface area contributed by atoms with Gasteiger partial charge in [0.05, 0.1) is 12.7 Å². The predicted molar refractivity (Wildman–Crippen MR) is 84.8 cm³/mol. The minimum atomic E-state index is 0. The van der Waals surface area contributed by atoms with Crippen LogP contribution in [0.3, 0.4) is 0 Å². The third-order valence-corrected chi connectivity index (χ3v) is 3.64. The zero-order valence-electron chi connectivity index (χ0n) is 12.3. The van der Waals surface area contributed by atoms with Gasteiger partial charge in [0.1, 0.15) is 0 Å². The first kappa shape index (κ1) is 18.4. The molecule has 1 saturated heterocycles. The molecule has 1 atom stereocenters. The smallest absolute Gasteiger partial charge is 0.0936 e. The summed E-state index contributed by atoms with van der Waals surface area (Å²) in [5.74, 6) is 0. The minimum Gasteiger partial charge on any atom is -0.372 e. The van der Waals surface area contributed by atoms with E-state index in [0.29, 0.717) is 6.10 Å². The van der Waals surface area contributed by atoms with Gasteiger partial charge in [-0.1, -0.05) is 58.8 Å². The van der Waals surface area contributed by atoms with Gasteiger partial charge >= 0.3 is 0 Å². The second-order valence-electron chi connectivity index (χ2n) is 5.32. The Hall–Kier alpha value is 0.400. The summed E-state index contributed by atoms with van der Waals surface area (Å²) in [5, 5.41) is 0. The zero-order valence-corrected chi connectivity index (χ0v) is 14.0. The van der Waals surface area contributed by atoms with Gasteiger partial charge in [0.15, 0.2) is 0 Å². The molecule has 3 heteroatoms. The molecule has 1 aliphatic rings. The monoisotopic (exact) mass is 321 g/mol. The van der Waals surface area contributed by atoms with Crippen LogP contribution in [0.1, 0.15) is 65.2 Å². The predicted octanol–water partition coefficient (Wildman–Crippen LogP) is 4.43. The number of hydrogen-bond donors (Lipinski definition) is 0. The average molecular weight is 322 g/mol. The van der Waals surface area contributed by atoms with Crippen LogP contribution in [0.5, 0.6) is 0 Å². The molecule has 1 rings (SSSR count). The van der Waals surface area contributed by atoms with E-state index in [9.17, 15) is 0 Å². The van der Waals surface area contributed by atoms with Crippen LogP contribution in [0.15, 0.2) is 0 Å². The van der Waals surface area contributed by atoms with Crippen LogP contribution in [0.25, 0.3) is 0 Å². The lowest BCUT2D eigenvalue weighted by Gasteiger charge is -2.18. The fourth-order valence-electron chi connectivity index (χ4n) is 2.31. The topological polar surface area (TPSA) is 15.8 Å². The molecule has 0 N–H and O–H groups in total. The molecule has 1 heterocycles. The first-order chi connectivity index (χ1) is 8.36. The van der Waals surface area contributed by atoms with Crippen molar-refractivity contribution >= 4 is 17.0 Å². The van der Waals surface area contributed by atoms with Crippen molar-refractivity contribution in [3.63, 3.8) is 0 Å². The van der Waals surface area contributed by atoms with Crippen LogP contribution < -0.4 is 0 Å². The Labute approximate surface area is 124 Å². The van der Waals surface area contributed by atoms with Gasteiger partial charge in [0, 0.05) is 6.54 Å². The number of hydrogen-bond acceptors (Lipinski definition) is 2. The van der Waals surface area contributed by atoms with Crippen LogP contribution in [0, 0.1) is 0 Å². The summed E-state index contributed by atoms with van der Waals surface area (Å²) in [7, 11) is 0. The normalized spacial score (nSPS) is 17.8. The molecular weight excluding hydrogens is 290 g/mol. The second-order valence-corrected chi connectivity index (χ2v) is 5.32. The Morgan fingerprint density at radius 2 is 1.50 bits per heavy atom. The maximum absolute atomic E-state index is 5.28. The highest BCUT2D eigenvalue weighted by Gasteiger charge is 2.24. The Kier molecular flexibility index (Phi) is 12.7. The molecule has 18 heavy (non-hydrogen) atoms. The number of ether oxygens (including phenoxy) is 1. The van der Waals surface area contributed by atoms with Gasteiger partial charge in [-0.2, -0.15) is 0 Å². The molecule has 0 bridgehead atoms. The first-order valence-electron chi connectivity index (χ1n) is 7.70. The molecule has 0 spiro atoms. The molecule has 0 aliphatic carbocycles. The third-order valence-electron chi connectivity index (χ3n) is 3.64. The Morgan fingerprint density at radius 3 is 2.00 bits per heavy atom. The van der Waals surface area contributed by atoms with Crippen LogP contribution in [-0.4, -0.2) is 37.2 Å². The Morgan fingerprint density at radius 1 is 0.944 bits per heavy atom. The molecular formula is C15H32BrNO. The van der Waals surface area contributed by atoms with Crippen LogP contribution in [0.4, 0.5) is 0 Å². The lowest BCUT2D eigenvalue weighted by atomic mass is 10.1. The van der Waals surface area contributed by atoms with Crippen molar-refractivity contribution in [2.24, 2.45) is 0 Å². The highest BCUT2D eigenvalue weighted by atomic mass is 79.9. The van der Waals surface area contributed by atoms with E-state index in [4.69, 9.17) is 4.74 Å². The molecule has 110 valence electrons. The third kappa shape index (κ3) is 10.3. The maximum atomic E-state index is 5.28. The lowest BCUT2D eigenvalue weighted by molar-refractivity contribution is 0.247. The number of epoxide rings is 1. The van der Waals surface area contributed by atoms with Crippen molar-refractivity contribution < 1.29 is 4.74 Å². The fourth-order valence-corrected chi connectivity index (χ4v) is 2.31. The van der Waals surface area contributed by atoms with Crippen LogP contribution in [-0.2, 0) is 4.74 Å². The Bertz CT molecular complexity index is 174. The van der Waals surface area contributed by atoms with Gasteiger partial charge in [0.25, 0.3) is 0 Å². The molecule has 2 nitrogen and oxygen atoms in total. The van der Waals surface area contributed by atoms with E-state index in [1.165, 1.54) is 64.5 Å². The largest absolute Gasteiger partial charge is 0.372 e. The molecule has 0 aromatic carbocycles. The van der Waals surface area contributed by atoms with Crippen LogP contribution >= 0.6 is 17.0 Å². The molecule has 0 saturated carbocycles. The van der Waals surface area contributed by atoms with E-state index >= 15 is 0 Å². The minimum absolute atomic E-state index is 0. The maximum Gasteiger partial charge on any atom is 0.0936 e. The highest BCUT2D eigenvalue weighted by Crippen LogP contribution is 2.12. The number of rotatable bonds is 12. The molecule has 1 aliphatic heterocycles. The average Bonchev–Trinajstić information content (AvgIpc) is 3.15. The van der Waals surface area contributed by atoms with Crippen LogP contribution in [0.2, 0.25) is 0 Å². The summed E-state index contributed by atoms with van der Waals surface area (Å²) in [6, 6.07) is 0. The van der Waals surface area contributed by atoms with E-state index < -0.39 is 0 Å². The second kappa shape index (κ2) is 12.4. The van der Waals surface area contributed by atoms with Gasteiger partial charge in [-0.3, -0.25) is 0 Å². The van der Waals surface area contributed by atoms with Gasteiger partial charge in [0.2, 0.25) is 0 Å². The van der Waals surface area contributed by atoms with Crippen molar-refractivity contribution in [2.45, 2.75) is 71.3 Å². The van der Waals surface area contributed by atoms with E-state index in [2.05, 4.69) is 18.7 Å². The molecule has 0 aromatic rings. The van der Waals surface area contributed by atoms with Gasteiger partial charge in [-0.05, 0) is 19.5 Å². The van der Waals surface area contributed by atoms with Crippen molar-refractivity contribution in [1.29, 1.82) is 0 Å². The van der Waals surface area contributed by atoms with Crippen molar-refractivity contribution in [3.8, 4) is 0 Å². The zero-order chi connectivity index (χ0) is 12.3. The van der Waals surface area contributed by atoms with E-state index in [1.807, 2.05) is 0 Å². The summed E-state index contributed by atoms with van der Waals surface area (Å²) in [6.45, 7) is 9.14. The highest BCUT2D eigenvalue weighted by molar-refractivity contribution is 8.93. The van der Waals surface area contributed by atoms with E-state index in [0.717, 1.165) is 13.2 Å². The number of likely N-dealkylation sites (N-methyl/N-ethyl adjacent to an activating group) is 1. The van der Waals surface area contributed by atoms with Gasteiger partial charge in [-0.25, -0.2) is 0 Å². The van der Waals surface area contributed by atoms with Crippen molar-refractivity contribution in [3.05, 3.63) is 0 Å². The van der Waals surface area contributed by atoms with Gasteiger partial charge < -0.3 is 9.64 Å². The first-order valence-corrected chi connectivity index (χ1v) is 7.70. The summed E-state index contributed by atoms with van der Waals surface area (Å²) >= 11 is 0. The SMILES string of the molecule is Br.CCCCCCCCCCN(CC)CC1CO1. The Balaban J connectivity index is 0.00000289. The number of unbranched alkanes of at least 4 members (excludes halogenated alkanes) is 7. The quantitative estimate of drug-likeness (QED) is 0.390. The fraction of sp³-hybridized carbons (Fsp3) is 1.00. The van der Waals surface area contributed by atoms with Crippen molar-refractivity contribution in [2.75, 3.05) is 26.2 Å². The standard InChI is InChI=1S/C15H31NO.BrH/c1-3-5-6-7-8-9-10-11-12-16(4-2)13-15-14-17-15;/h15H,3-14H2,1-2H3;1H. The van der Waals surface area contributed by atoms with Gasteiger partial charge in [-0.15, -0.1) is 17.0 Å². The summed E-state index contributed by atoms with van der Waals surface area (Å²) < 4.78 is 5.28. The molecule has 0 radical (unpaired) electrons. The van der Waals surface area contributed by atoms with Crippen molar-refractivity contribution in [1.82, 2.24) is 4.90 Å².